The molecule has 0 aromatic carbocycles. The number of esters is 1. The quantitative estimate of drug-likeness (QED) is 0.433. The van der Waals surface area contributed by atoms with Crippen LogP contribution >= 0.6 is 0 Å². The van der Waals surface area contributed by atoms with Crippen molar-refractivity contribution in [2.45, 2.75) is 12.8 Å². The lowest BCUT2D eigenvalue weighted by Crippen LogP contribution is -2.10. The van der Waals surface area contributed by atoms with Crippen molar-refractivity contribution in [3.05, 3.63) is 22.8 Å². The molecule has 0 bridgehead atoms. The summed E-state index contributed by atoms with van der Waals surface area (Å²) in [4.78, 5) is 26.1. The van der Waals surface area contributed by atoms with Gasteiger partial charge >= 0.3 is 12.5 Å². The van der Waals surface area contributed by atoms with Crippen LogP contribution in [0.25, 0.3) is 9.69 Å². The van der Waals surface area contributed by atoms with E-state index in [0.29, 0.717) is 19.4 Å². The SMILES string of the molecule is CNCCO.[C-]#[N+]CC(=O)CCCO.[C-]#[N+]CC(=O)OC. The van der Waals surface area contributed by atoms with Gasteiger partial charge in [-0.25, -0.2) is 17.9 Å². The predicted octanol–water partition coefficient (Wildman–Crippen LogP) is -0.476. The third-order valence-electron chi connectivity index (χ3n) is 1.67. The van der Waals surface area contributed by atoms with E-state index in [1.807, 2.05) is 0 Å². The van der Waals surface area contributed by atoms with Crippen LogP contribution in [0.4, 0.5) is 0 Å². The second-order valence-corrected chi connectivity index (χ2v) is 3.40. The van der Waals surface area contributed by atoms with Gasteiger partial charge in [-0.2, -0.15) is 0 Å². The Hall–Kier alpha value is -2.00. The van der Waals surface area contributed by atoms with Crippen LogP contribution in [0, 0.1) is 13.1 Å². The molecule has 8 heteroatoms. The summed E-state index contributed by atoms with van der Waals surface area (Å²) in [5, 5.41) is 19.0. The molecule has 0 aliphatic rings. The predicted molar refractivity (Wildman–Crippen MR) is 77.3 cm³/mol. The minimum absolute atomic E-state index is 0.0315. The van der Waals surface area contributed by atoms with Crippen LogP contribution in [0.3, 0.4) is 0 Å². The molecule has 0 aromatic heterocycles. The summed E-state index contributed by atoms with van der Waals surface area (Å²) < 4.78 is 4.14. The lowest BCUT2D eigenvalue weighted by atomic mass is 10.2. The van der Waals surface area contributed by atoms with Crippen LogP contribution in [0.5, 0.6) is 0 Å². The number of aliphatic hydroxyl groups excluding tert-OH is 2. The first-order valence-electron chi connectivity index (χ1n) is 6.15. The van der Waals surface area contributed by atoms with Crippen LogP contribution in [0.2, 0.25) is 0 Å². The molecule has 3 N–H and O–H groups in total. The Balaban J connectivity index is -0.000000242. The minimum atomic E-state index is -0.477. The van der Waals surface area contributed by atoms with Gasteiger partial charge in [0.05, 0.1) is 13.7 Å². The van der Waals surface area contributed by atoms with Crippen LogP contribution in [0.15, 0.2) is 0 Å². The van der Waals surface area contributed by atoms with Gasteiger partial charge in [0.15, 0.2) is 0 Å². The van der Waals surface area contributed by atoms with Crippen LogP contribution in [0.1, 0.15) is 12.8 Å². The van der Waals surface area contributed by atoms with Gasteiger partial charge in [-0.05, 0) is 13.5 Å². The molecule has 8 nitrogen and oxygen atoms in total. The Morgan fingerprint density at radius 1 is 1.14 bits per heavy atom. The van der Waals surface area contributed by atoms with Crippen LogP contribution in [-0.2, 0) is 14.3 Å². The van der Waals surface area contributed by atoms with Gasteiger partial charge in [-0.15, -0.1) is 0 Å². The molecular formula is C13H23N3O5. The summed E-state index contributed by atoms with van der Waals surface area (Å²) in [5.74, 6) is -0.561. The molecule has 21 heavy (non-hydrogen) atoms. The summed E-state index contributed by atoms with van der Waals surface area (Å²) in [7, 11) is 3.06. The Labute approximate surface area is 125 Å². The molecule has 0 atom stereocenters. The summed E-state index contributed by atoms with van der Waals surface area (Å²) in [6, 6.07) is 0. The van der Waals surface area contributed by atoms with Gasteiger partial charge < -0.3 is 30.0 Å². The van der Waals surface area contributed by atoms with Crippen molar-refractivity contribution >= 4 is 11.8 Å². The number of carbonyl (C=O) groups excluding carboxylic acids is 2. The standard InChI is InChI=1S/C6H9NO2.C4H5NO2.C3H9NO/c1-7-5-6(9)3-2-4-8;1-5-3-4(6)7-2;1-4-2-3-5/h8H,2-5H2;3H2,2H3;4-5H,2-3H2,1H3. The summed E-state index contributed by atoms with van der Waals surface area (Å²) in [6.07, 6.45) is 0.813. The number of ketones is 1. The number of carbonyl (C=O) groups is 2. The van der Waals surface area contributed by atoms with Crippen LogP contribution in [-0.4, -0.2) is 69.0 Å². The molecule has 0 aromatic rings. The van der Waals surface area contributed by atoms with Crippen molar-refractivity contribution in [2.75, 3.05) is 47.0 Å². The summed E-state index contributed by atoms with van der Waals surface area (Å²) in [5.41, 5.74) is 0. The number of rotatable bonds is 7. The number of Topliss-reactive ketones (excluding diaryl/α,β-unsaturated/α-hetero) is 1. The van der Waals surface area contributed by atoms with Gasteiger partial charge in [0, 0.05) is 19.6 Å². The number of ether oxygens (including phenoxy) is 1. The average molecular weight is 301 g/mol. The van der Waals surface area contributed by atoms with Crippen molar-refractivity contribution < 1.29 is 24.5 Å². The number of nitrogens with zero attached hydrogens (tertiary/aromatic N) is 2. The van der Waals surface area contributed by atoms with Gasteiger partial charge in [0.1, 0.15) is 0 Å². The number of hydrogen-bond donors (Lipinski definition) is 3. The highest BCUT2D eigenvalue weighted by molar-refractivity contribution is 5.81. The van der Waals surface area contributed by atoms with Gasteiger partial charge in [0.2, 0.25) is 5.78 Å². The maximum absolute atomic E-state index is 10.5. The molecule has 0 amide bonds. The van der Waals surface area contributed by atoms with Crippen molar-refractivity contribution in [1.82, 2.24) is 5.32 Å². The smallest absolute Gasteiger partial charge is 0.386 e. The normalized spacial score (nSPS) is 7.90. The third kappa shape index (κ3) is 32.0. The molecule has 0 saturated carbocycles. The molecule has 0 spiro atoms. The second-order valence-electron chi connectivity index (χ2n) is 3.40. The molecule has 0 heterocycles. The zero-order chi connectivity index (χ0) is 16.9. The molecule has 0 aliphatic heterocycles. The molecule has 0 fully saturated rings. The fourth-order valence-electron chi connectivity index (χ4n) is 0.684. The molecule has 120 valence electrons. The lowest BCUT2D eigenvalue weighted by Gasteiger charge is -1.88. The fourth-order valence-corrected chi connectivity index (χ4v) is 0.684. The van der Waals surface area contributed by atoms with Crippen molar-refractivity contribution in [3.8, 4) is 0 Å². The van der Waals surface area contributed by atoms with Crippen molar-refractivity contribution in [2.24, 2.45) is 0 Å². The van der Waals surface area contributed by atoms with Gasteiger partial charge in [-0.3, -0.25) is 4.79 Å². The second kappa shape index (κ2) is 23.1. The van der Waals surface area contributed by atoms with E-state index >= 15 is 0 Å². The van der Waals surface area contributed by atoms with Crippen LogP contribution < -0.4 is 5.32 Å². The highest BCUT2D eigenvalue weighted by Gasteiger charge is 2.01. The zero-order valence-corrected chi connectivity index (χ0v) is 12.5. The molecule has 0 aliphatic carbocycles. The van der Waals surface area contributed by atoms with E-state index in [9.17, 15) is 9.59 Å². The fraction of sp³-hybridized carbons (Fsp3) is 0.692. The summed E-state index contributed by atoms with van der Waals surface area (Å²) >= 11 is 0. The first-order valence-corrected chi connectivity index (χ1v) is 6.15. The van der Waals surface area contributed by atoms with E-state index in [1.54, 1.807) is 7.05 Å². The Morgan fingerprint density at radius 2 is 1.71 bits per heavy atom. The lowest BCUT2D eigenvalue weighted by molar-refractivity contribution is -0.138. The van der Waals surface area contributed by atoms with E-state index in [-0.39, 0.29) is 32.1 Å². The maximum Gasteiger partial charge on any atom is 0.386 e. The topological polar surface area (TPSA) is 105 Å². The number of methoxy groups -OCH3 is 1. The molecule has 0 radical (unpaired) electrons. The third-order valence-corrected chi connectivity index (χ3v) is 1.67. The van der Waals surface area contributed by atoms with E-state index in [0.717, 1.165) is 0 Å². The van der Waals surface area contributed by atoms with Gasteiger partial charge in [-0.1, -0.05) is 0 Å². The number of hydrogen-bond acceptors (Lipinski definition) is 6. The number of nitrogens with one attached hydrogen (secondary N) is 1. The largest absolute Gasteiger partial charge is 0.464 e. The summed E-state index contributed by atoms with van der Waals surface area (Å²) in [6.45, 7) is 13.2. The van der Waals surface area contributed by atoms with E-state index in [4.69, 9.17) is 23.4 Å². The maximum atomic E-state index is 10.5. The number of likely N-dealkylation sites (N-methyl/N-ethyl adjacent to an activating group) is 1. The highest BCUT2D eigenvalue weighted by Crippen LogP contribution is 1.89. The first kappa shape index (κ1) is 24.0. The van der Waals surface area contributed by atoms with Crippen molar-refractivity contribution in [1.29, 1.82) is 0 Å². The van der Waals surface area contributed by atoms with E-state index < -0.39 is 5.97 Å². The molecular weight excluding hydrogens is 278 g/mol. The average Bonchev–Trinajstić information content (AvgIpc) is 2.48. The highest BCUT2D eigenvalue weighted by atomic mass is 16.5. The Kier molecular flexibility index (Phi) is 26.5. The Morgan fingerprint density at radius 3 is 1.95 bits per heavy atom. The molecule has 0 rings (SSSR count). The first-order chi connectivity index (χ1) is 10.0. The Bertz CT molecular complexity index is 332. The minimum Gasteiger partial charge on any atom is -0.464 e. The van der Waals surface area contributed by atoms with Gasteiger partial charge in [0.25, 0.3) is 6.54 Å². The number of aliphatic hydroxyl groups is 2. The van der Waals surface area contributed by atoms with Crippen molar-refractivity contribution in [3.63, 3.8) is 0 Å². The van der Waals surface area contributed by atoms with E-state index in [1.165, 1.54) is 7.11 Å². The zero-order valence-electron chi connectivity index (χ0n) is 12.5. The van der Waals surface area contributed by atoms with E-state index in [2.05, 4.69) is 19.7 Å². The molecule has 0 saturated heterocycles. The molecule has 0 unspecified atom stereocenters. The monoisotopic (exact) mass is 301 g/mol.